The van der Waals surface area contributed by atoms with Crippen molar-refractivity contribution in [1.29, 1.82) is 0 Å². The van der Waals surface area contributed by atoms with E-state index in [9.17, 15) is 4.79 Å². The smallest absolute Gasteiger partial charge is 0.321 e. The van der Waals surface area contributed by atoms with Crippen LogP contribution in [0.2, 0.25) is 0 Å². The molecule has 0 saturated carbocycles. The molecule has 0 aliphatic heterocycles. The summed E-state index contributed by atoms with van der Waals surface area (Å²) in [5.74, 6) is 0.824. The number of aromatic nitrogens is 1. The molecule has 5 nitrogen and oxygen atoms in total. The average molecular weight is 277 g/mol. The summed E-state index contributed by atoms with van der Waals surface area (Å²) in [5, 5.41) is 7.85. The van der Waals surface area contributed by atoms with E-state index in [1.165, 1.54) is 11.3 Å². The molecule has 0 unspecified atom stereocenters. The van der Waals surface area contributed by atoms with Gasteiger partial charge in [0.25, 0.3) is 0 Å². The number of nitrogens with one attached hydrogen (secondary N) is 2. The molecule has 1 aromatic heterocycles. The van der Waals surface area contributed by atoms with E-state index in [1.807, 2.05) is 29.6 Å². The van der Waals surface area contributed by atoms with Crippen molar-refractivity contribution < 1.29 is 9.53 Å². The van der Waals surface area contributed by atoms with Gasteiger partial charge in [-0.15, -0.1) is 11.3 Å². The number of thiazole rings is 1. The van der Waals surface area contributed by atoms with Crippen molar-refractivity contribution in [3.8, 4) is 5.75 Å². The van der Waals surface area contributed by atoms with Crippen LogP contribution in [0.4, 0.5) is 9.93 Å². The number of hydrogen-bond acceptors (Lipinski definition) is 4. The highest BCUT2D eigenvalue weighted by atomic mass is 32.1. The molecule has 0 spiro atoms. The van der Waals surface area contributed by atoms with E-state index in [-0.39, 0.29) is 6.03 Å². The van der Waals surface area contributed by atoms with Crippen molar-refractivity contribution in [2.75, 3.05) is 19.0 Å². The van der Waals surface area contributed by atoms with Crippen LogP contribution in [-0.2, 0) is 6.42 Å². The lowest BCUT2D eigenvalue weighted by molar-refractivity contribution is 0.252. The fraction of sp³-hybridized carbons (Fsp3) is 0.231. The second-order valence-corrected chi connectivity index (χ2v) is 4.71. The SMILES string of the molecule is COc1cccc(CCNC(=O)Nc2nccs2)c1. The normalized spacial score (nSPS) is 9.95. The minimum absolute atomic E-state index is 0.238. The Kier molecular flexibility index (Phi) is 4.74. The number of methoxy groups -OCH3 is 1. The minimum Gasteiger partial charge on any atom is -0.497 e. The number of nitrogens with zero attached hydrogens (tertiary/aromatic N) is 1. The van der Waals surface area contributed by atoms with E-state index in [4.69, 9.17) is 4.74 Å². The first-order valence-corrected chi connectivity index (χ1v) is 6.73. The van der Waals surface area contributed by atoms with Gasteiger partial charge in [0.1, 0.15) is 5.75 Å². The third kappa shape index (κ3) is 4.26. The van der Waals surface area contributed by atoms with Crippen LogP contribution in [0.25, 0.3) is 0 Å². The zero-order valence-corrected chi connectivity index (χ0v) is 11.4. The van der Waals surface area contributed by atoms with Gasteiger partial charge in [-0.1, -0.05) is 12.1 Å². The van der Waals surface area contributed by atoms with E-state index < -0.39 is 0 Å². The third-order valence-corrected chi connectivity index (χ3v) is 3.17. The number of carbonyl (C=O) groups is 1. The maximum Gasteiger partial charge on any atom is 0.321 e. The Bertz CT molecular complexity index is 528. The van der Waals surface area contributed by atoms with Crippen LogP contribution in [0.3, 0.4) is 0 Å². The topological polar surface area (TPSA) is 63.2 Å². The molecule has 6 heteroatoms. The monoisotopic (exact) mass is 277 g/mol. The Labute approximate surface area is 115 Å². The summed E-state index contributed by atoms with van der Waals surface area (Å²) in [7, 11) is 1.64. The van der Waals surface area contributed by atoms with E-state index >= 15 is 0 Å². The molecule has 19 heavy (non-hydrogen) atoms. The summed E-state index contributed by atoms with van der Waals surface area (Å²) in [6, 6.07) is 7.55. The first-order chi connectivity index (χ1) is 9.28. The van der Waals surface area contributed by atoms with Crippen LogP contribution in [0, 0.1) is 0 Å². The summed E-state index contributed by atoms with van der Waals surface area (Å²) < 4.78 is 5.15. The minimum atomic E-state index is -0.238. The highest BCUT2D eigenvalue weighted by Crippen LogP contribution is 2.12. The molecule has 0 saturated heterocycles. The predicted molar refractivity (Wildman–Crippen MR) is 75.8 cm³/mol. The number of urea groups is 1. The molecule has 2 amide bonds. The lowest BCUT2D eigenvalue weighted by Crippen LogP contribution is -2.30. The molecular weight excluding hydrogens is 262 g/mol. The highest BCUT2D eigenvalue weighted by Gasteiger charge is 2.03. The maximum absolute atomic E-state index is 11.5. The Morgan fingerprint density at radius 3 is 3.11 bits per heavy atom. The zero-order valence-electron chi connectivity index (χ0n) is 10.6. The summed E-state index contributed by atoms with van der Waals surface area (Å²) in [6.07, 6.45) is 2.40. The van der Waals surface area contributed by atoms with Gasteiger partial charge in [0.05, 0.1) is 7.11 Å². The molecule has 0 bridgehead atoms. The number of rotatable bonds is 5. The Morgan fingerprint density at radius 2 is 2.37 bits per heavy atom. The molecule has 100 valence electrons. The number of benzene rings is 1. The van der Waals surface area contributed by atoms with Gasteiger partial charge in [-0.2, -0.15) is 0 Å². The average Bonchev–Trinajstić information content (AvgIpc) is 2.92. The predicted octanol–water partition coefficient (Wildman–Crippen LogP) is 2.52. The van der Waals surface area contributed by atoms with Crippen molar-refractivity contribution in [2.24, 2.45) is 0 Å². The second-order valence-electron chi connectivity index (χ2n) is 3.82. The van der Waals surface area contributed by atoms with Gasteiger partial charge in [0.15, 0.2) is 5.13 Å². The van der Waals surface area contributed by atoms with Crippen LogP contribution >= 0.6 is 11.3 Å². The fourth-order valence-electron chi connectivity index (χ4n) is 1.57. The summed E-state index contributed by atoms with van der Waals surface area (Å²) in [4.78, 5) is 15.5. The standard InChI is InChI=1S/C13H15N3O2S/c1-18-11-4-2-3-10(9-11)5-6-14-12(17)16-13-15-7-8-19-13/h2-4,7-9H,5-6H2,1H3,(H2,14,15,16,17). The number of carbonyl (C=O) groups excluding carboxylic acids is 1. The van der Waals surface area contributed by atoms with E-state index in [1.54, 1.807) is 13.3 Å². The summed E-state index contributed by atoms with van der Waals surface area (Å²) in [6.45, 7) is 0.560. The van der Waals surface area contributed by atoms with Crippen LogP contribution in [-0.4, -0.2) is 24.7 Å². The zero-order chi connectivity index (χ0) is 13.5. The molecule has 1 aromatic carbocycles. The number of amides is 2. The number of hydrogen-bond donors (Lipinski definition) is 2. The fourth-order valence-corrected chi connectivity index (χ4v) is 2.10. The molecule has 0 aliphatic rings. The van der Waals surface area contributed by atoms with Gasteiger partial charge in [-0.25, -0.2) is 9.78 Å². The number of anilines is 1. The summed E-state index contributed by atoms with van der Waals surface area (Å²) in [5.41, 5.74) is 1.12. The second kappa shape index (κ2) is 6.75. The molecule has 1 heterocycles. The van der Waals surface area contributed by atoms with Crippen molar-refractivity contribution in [1.82, 2.24) is 10.3 Å². The van der Waals surface area contributed by atoms with Crippen molar-refractivity contribution in [3.63, 3.8) is 0 Å². The third-order valence-electron chi connectivity index (χ3n) is 2.49. The first kappa shape index (κ1) is 13.4. The molecule has 0 aliphatic carbocycles. The maximum atomic E-state index is 11.5. The van der Waals surface area contributed by atoms with Gasteiger partial charge in [0.2, 0.25) is 0 Å². The highest BCUT2D eigenvalue weighted by molar-refractivity contribution is 7.13. The van der Waals surface area contributed by atoms with E-state index in [0.29, 0.717) is 11.7 Å². The lowest BCUT2D eigenvalue weighted by Gasteiger charge is -2.06. The largest absolute Gasteiger partial charge is 0.497 e. The van der Waals surface area contributed by atoms with Crippen molar-refractivity contribution in [3.05, 3.63) is 41.4 Å². The number of ether oxygens (including phenoxy) is 1. The molecule has 2 aromatic rings. The van der Waals surface area contributed by atoms with Gasteiger partial charge in [-0.3, -0.25) is 5.32 Å². The van der Waals surface area contributed by atoms with Gasteiger partial charge in [-0.05, 0) is 24.1 Å². The Balaban J connectivity index is 1.75. The Hall–Kier alpha value is -2.08. The molecule has 0 fully saturated rings. The first-order valence-electron chi connectivity index (χ1n) is 5.85. The van der Waals surface area contributed by atoms with Crippen LogP contribution in [0.1, 0.15) is 5.56 Å². The van der Waals surface area contributed by atoms with Gasteiger partial charge in [0, 0.05) is 18.1 Å². The molecule has 2 rings (SSSR count). The van der Waals surface area contributed by atoms with Gasteiger partial charge < -0.3 is 10.1 Å². The Morgan fingerprint density at radius 1 is 1.47 bits per heavy atom. The summed E-state index contributed by atoms with van der Waals surface area (Å²) >= 11 is 1.39. The molecular formula is C13H15N3O2S. The van der Waals surface area contributed by atoms with Crippen molar-refractivity contribution in [2.45, 2.75) is 6.42 Å². The molecule has 0 radical (unpaired) electrons. The lowest BCUT2D eigenvalue weighted by atomic mass is 10.1. The van der Waals surface area contributed by atoms with Crippen LogP contribution in [0.15, 0.2) is 35.8 Å². The van der Waals surface area contributed by atoms with Crippen molar-refractivity contribution >= 4 is 22.5 Å². The molecule has 0 atom stereocenters. The molecule has 2 N–H and O–H groups in total. The van der Waals surface area contributed by atoms with Crippen LogP contribution < -0.4 is 15.4 Å². The van der Waals surface area contributed by atoms with E-state index in [0.717, 1.165) is 17.7 Å². The van der Waals surface area contributed by atoms with E-state index in [2.05, 4.69) is 15.6 Å². The quantitative estimate of drug-likeness (QED) is 0.882. The van der Waals surface area contributed by atoms with Crippen LogP contribution in [0.5, 0.6) is 5.75 Å². The van der Waals surface area contributed by atoms with Gasteiger partial charge >= 0.3 is 6.03 Å².